The molecule has 0 bridgehead atoms. The van der Waals surface area contributed by atoms with Crippen LogP contribution in [0.4, 0.5) is 4.79 Å². The molecule has 4 N–H and O–H groups in total. The Balaban J connectivity index is 0.00000625. The number of halogens is 1. The Hall–Kier alpha value is -1.98. The van der Waals surface area contributed by atoms with Gasteiger partial charge in [0.05, 0.1) is 19.4 Å². The van der Waals surface area contributed by atoms with Crippen LogP contribution in [-0.2, 0) is 16.1 Å². The van der Waals surface area contributed by atoms with E-state index in [0.29, 0.717) is 31.4 Å². The highest BCUT2D eigenvalue weighted by Gasteiger charge is 2.15. The number of furan rings is 1. The number of guanidine groups is 1. The van der Waals surface area contributed by atoms with Gasteiger partial charge < -0.3 is 30.4 Å². The zero-order valence-electron chi connectivity index (χ0n) is 15.5. The molecule has 0 atom stereocenters. The number of nitrogens with one attached hydrogen (secondary N) is 4. The van der Waals surface area contributed by atoms with Gasteiger partial charge in [-0.3, -0.25) is 9.79 Å². The predicted octanol–water partition coefficient (Wildman–Crippen LogP) is 1.20. The maximum absolute atomic E-state index is 11.7. The first-order valence-electron chi connectivity index (χ1n) is 8.00. The molecule has 0 aliphatic carbocycles. The van der Waals surface area contributed by atoms with E-state index in [-0.39, 0.29) is 36.4 Å². The van der Waals surface area contributed by atoms with Gasteiger partial charge in [0.25, 0.3) is 0 Å². The van der Waals surface area contributed by atoms with E-state index in [2.05, 4.69) is 26.3 Å². The molecule has 1 rings (SSSR count). The van der Waals surface area contributed by atoms with E-state index >= 15 is 0 Å². The summed E-state index contributed by atoms with van der Waals surface area (Å²) in [4.78, 5) is 27.2. The summed E-state index contributed by atoms with van der Waals surface area (Å²) < 4.78 is 10.3. The minimum atomic E-state index is -0.530. The molecule has 1 aromatic heterocycles. The molecule has 1 aromatic rings. The third-order valence-corrected chi connectivity index (χ3v) is 2.77. The zero-order valence-corrected chi connectivity index (χ0v) is 17.9. The van der Waals surface area contributed by atoms with Crippen LogP contribution >= 0.6 is 24.0 Å². The average Bonchev–Trinajstić information content (AvgIpc) is 3.04. The molecule has 0 saturated heterocycles. The lowest BCUT2D eigenvalue weighted by atomic mass is 10.2. The molecule has 10 heteroatoms. The molecular weight excluding hydrogens is 453 g/mol. The molecule has 0 aromatic carbocycles. The van der Waals surface area contributed by atoms with Gasteiger partial charge in [-0.25, -0.2) is 4.79 Å². The maximum Gasteiger partial charge on any atom is 0.407 e. The topological polar surface area (TPSA) is 117 Å². The summed E-state index contributed by atoms with van der Waals surface area (Å²) in [6.45, 7) is 6.60. The average molecular weight is 481 g/mol. The normalized spacial score (nSPS) is 11.2. The van der Waals surface area contributed by atoms with Gasteiger partial charge in [-0.05, 0) is 32.9 Å². The van der Waals surface area contributed by atoms with E-state index in [9.17, 15) is 9.59 Å². The Morgan fingerprint density at radius 1 is 1.15 bits per heavy atom. The van der Waals surface area contributed by atoms with Crippen molar-refractivity contribution in [1.82, 2.24) is 21.3 Å². The molecule has 0 aliphatic rings. The lowest BCUT2D eigenvalue weighted by Gasteiger charge is -2.19. The van der Waals surface area contributed by atoms with Crippen LogP contribution in [-0.4, -0.2) is 50.2 Å². The van der Waals surface area contributed by atoms with Gasteiger partial charge in [0.15, 0.2) is 5.96 Å². The Morgan fingerprint density at radius 2 is 1.85 bits per heavy atom. The largest absolute Gasteiger partial charge is 0.467 e. The summed E-state index contributed by atoms with van der Waals surface area (Å²) in [5.41, 5.74) is -0.530. The number of carbonyl (C=O) groups excluding carboxylic acids is 2. The van der Waals surface area contributed by atoms with Crippen LogP contribution < -0.4 is 21.3 Å². The van der Waals surface area contributed by atoms with Crippen molar-refractivity contribution in [3.05, 3.63) is 24.2 Å². The fraction of sp³-hybridized carbons (Fsp3) is 0.562. The summed E-state index contributed by atoms with van der Waals surface area (Å²) in [5.74, 6) is 0.953. The summed E-state index contributed by atoms with van der Waals surface area (Å²) >= 11 is 0. The maximum atomic E-state index is 11.7. The third-order valence-electron chi connectivity index (χ3n) is 2.77. The Kier molecular flexibility index (Phi) is 11.4. The SMILES string of the molecule is CN=C(NCCNC(=O)OC(C)(C)C)NCC(=O)NCc1ccco1.I. The van der Waals surface area contributed by atoms with Crippen molar-refractivity contribution in [2.24, 2.45) is 4.99 Å². The van der Waals surface area contributed by atoms with Gasteiger partial charge in [0.1, 0.15) is 11.4 Å². The quantitative estimate of drug-likeness (QED) is 0.201. The number of aliphatic imine (C=N–C) groups is 1. The highest BCUT2D eigenvalue weighted by molar-refractivity contribution is 14.0. The lowest BCUT2D eigenvalue weighted by Crippen LogP contribution is -2.45. The van der Waals surface area contributed by atoms with Crippen LogP contribution in [0.15, 0.2) is 27.8 Å². The van der Waals surface area contributed by atoms with Crippen molar-refractivity contribution in [2.75, 3.05) is 26.7 Å². The first-order valence-corrected chi connectivity index (χ1v) is 8.00. The van der Waals surface area contributed by atoms with Crippen molar-refractivity contribution in [3.63, 3.8) is 0 Å². The molecule has 0 fully saturated rings. The molecule has 0 spiro atoms. The molecule has 2 amide bonds. The second-order valence-electron chi connectivity index (χ2n) is 6.14. The van der Waals surface area contributed by atoms with Crippen LogP contribution in [0.2, 0.25) is 0 Å². The van der Waals surface area contributed by atoms with Crippen molar-refractivity contribution in [1.29, 1.82) is 0 Å². The number of ether oxygens (including phenoxy) is 1. The summed E-state index contributed by atoms with van der Waals surface area (Å²) in [5, 5.41) is 11.2. The summed E-state index contributed by atoms with van der Waals surface area (Å²) in [6, 6.07) is 3.54. The first-order chi connectivity index (χ1) is 11.8. The van der Waals surface area contributed by atoms with E-state index in [1.165, 1.54) is 0 Å². The Bertz CT molecular complexity index is 570. The molecule has 0 aliphatic heterocycles. The number of carbonyl (C=O) groups is 2. The molecule has 0 unspecified atom stereocenters. The van der Waals surface area contributed by atoms with Gasteiger partial charge in [-0.1, -0.05) is 0 Å². The fourth-order valence-corrected chi connectivity index (χ4v) is 1.71. The monoisotopic (exact) mass is 481 g/mol. The van der Waals surface area contributed by atoms with Gasteiger partial charge >= 0.3 is 6.09 Å². The van der Waals surface area contributed by atoms with Crippen LogP contribution in [0.3, 0.4) is 0 Å². The van der Waals surface area contributed by atoms with E-state index in [1.54, 1.807) is 46.2 Å². The number of rotatable bonds is 7. The van der Waals surface area contributed by atoms with Crippen molar-refractivity contribution < 1.29 is 18.7 Å². The van der Waals surface area contributed by atoms with Crippen LogP contribution in [0.5, 0.6) is 0 Å². The van der Waals surface area contributed by atoms with E-state index < -0.39 is 11.7 Å². The molecule has 0 radical (unpaired) electrons. The third kappa shape index (κ3) is 11.6. The van der Waals surface area contributed by atoms with Gasteiger partial charge in [-0.2, -0.15) is 0 Å². The zero-order chi connectivity index (χ0) is 18.7. The summed E-state index contributed by atoms with van der Waals surface area (Å²) in [6.07, 6.45) is 1.08. The van der Waals surface area contributed by atoms with Crippen LogP contribution in [0.25, 0.3) is 0 Å². The minimum absolute atomic E-state index is 0. The number of amides is 2. The number of hydrogen-bond donors (Lipinski definition) is 4. The molecule has 9 nitrogen and oxygen atoms in total. The van der Waals surface area contributed by atoms with E-state index in [0.717, 1.165) is 0 Å². The number of nitrogens with zero attached hydrogens (tertiary/aromatic N) is 1. The van der Waals surface area contributed by atoms with Gasteiger partial charge in [0.2, 0.25) is 5.91 Å². The number of alkyl carbamates (subject to hydrolysis) is 1. The first kappa shape index (κ1) is 24.0. The standard InChI is InChI=1S/C16H27N5O4.HI/c1-16(2,3)25-15(23)19-8-7-18-14(17-4)21-11-13(22)20-10-12-6-5-9-24-12;/h5-6,9H,7-8,10-11H2,1-4H3,(H,19,23)(H,20,22)(H2,17,18,21);1H. The smallest absolute Gasteiger partial charge is 0.407 e. The van der Waals surface area contributed by atoms with Crippen molar-refractivity contribution in [2.45, 2.75) is 32.9 Å². The minimum Gasteiger partial charge on any atom is -0.467 e. The second kappa shape index (κ2) is 12.4. The van der Waals surface area contributed by atoms with Crippen molar-refractivity contribution in [3.8, 4) is 0 Å². The molecule has 0 saturated carbocycles. The summed E-state index contributed by atoms with van der Waals surface area (Å²) in [7, 11) is 1.59. The van der Waals surface area contributed by atoms with Gasteiger partial charge in [-0.15, -0.1) is 24.0 Å². The molecular formula is C16H28IN5O4. The predicted molar refractivity (Wildman–Crippen MR) is 110 cm³/mol. The van der Waals surface area contributed by atoms with Crippen molar-refractivity contribution >= 4 is 41.9 Å². The van der Waals surface area contributed by atoms with E-state index in [1.807, 2.05) is 0 Å². The molecule has 148 valence electrons. The lowest BCUT2D eigenvalue weighted by molar-refractivity contribution is -0.120. The highest BCUT2D eigenvalue weighted by atomic mass is 127. The molecule has 1 heterocycles. The Labute approximate surface area is 170 Å². The van der Waals surface area contributed by atoms with Crippen LogP contribution in [0.1, 0.15) is 26.5 Å². The highest BCUT2D eigenvalue weighted by Crippen LogP contribution is 2.05. The molecule has 26 heavy (non-hydrogen) atoms. The number of hydrogen-bond acceptors (Lipinski definition) is 5. The van der Waals surface area contributed by atoms with E-state index in [4.69, 9.17) is 9.15 Å². The second-order valence-corrected chi connectivity index (χ2v) is 6.14. The Morgan fingerprint density at radius 3 is 2.42 bits per heavy atom. The van der Waals surface area contributed by atoms with Crippen LogP contribution in [0, 0.1) is 0 Å². The fourth-order valence-electron chi connectivity index (χ4n) is 1.71. The van der Waals surface area contributed by atoms with Gasteiger partial charge in [0, 0.05) is 20.1 Å².